The first-order chi connectivity index (χ1) is 9.88. The van der Waals surface area contributed by atoms with E-state index in [9.17, 15) is 13.2 Å². The van der Waals surface area contributed by atoms with E-state index in [4.69, 9.17) is 11.6 Å². The number of aromatic nitrogens is 2. The van der Waals surface area contributed by atoms with Crippen molar-refractivity contribution in [3.63, 3.8) is 0 Å². The van der Waals surface area contributed by atoms with Crippen LogP contribution in [0, 0.1) is 5.92 Å². The Balaban J connectivity index is 1.93. The molecule has 1 saturated heterocycles. The number of likely N-dealkylation sites (tertiary alicyclic amines) is 1. The summed E-state index contributed by atoms with van der Waals surface area (Å²) < 4.78 is 37.9. The topological polar surface area (TPSA) is 41.0 Å². The highest BCUT2D eigenvalue weighted by Crippen LogP contribution is 2.29. The van der Waals surface area contributed by atoms with Crippen LogP contribution in [0.1, 0.15) is 25.5 Å². The molecule has 0 aliphatic carbocycles. The van der Waals surface area contributed by atoms with Crippen LogP contribution in [0.4, 0.5) is 19.0 Å². The molecule has 0 aromatic carbocycles. The van der Waals surface area contributed by atoms with Crippen molar-refractivity contribution in [2.45, 2.75) is 25.9 Å². The maximum absolute atomic E-state index is 12.6. The summed E-state index contributed by atoms with van der Waals surface area (Å²) in [6, 6.07) is 0.896. The van der Waals surface area contributed by atoms with Crippen LogP contribution in [0.2, 0.25) is 5.28 Å². The lowest BCUT2D eigenvalue weighted by atomic mass is 9.97. The summed E-state index contributed by atoms with van der Waals surface area (Å²) in [4.78, 5) is 9.36. The van der Waals surface area contributed by atoms with Gasteiger partial charge in [-0.1, -0.05) is 6.92 Å². The Morgan fingerprint density at radius 2 is 2.00 bits per heavy atom. The van der Waals surface area contributed by atoms with Crippen LogP contribution in [0.15, 0.2) is 6.07 Å². The Labute approximate surface area is 126 Å². The molecule has 0 bridgehead atoms. The second-order valence-corrected chi connectivity index (χ2v) is 5.50. The number of alkyl halides is 3. The smallest absolute Gasteiger partial charge is 0.370 e. The highest BCUT2D eigenvalue weighted by molar-refractivity contribution is 6.28. The lowest BCUT2D eigenvalue weighted by molar-refractivity contribution is -0.141. The Hall–Kier alpha value is -1.08. The van der Waals surface area contributed by atoms with Crippen LogP contribution in [-0.4, -0.2) is 41.0 Å². The standard InChI is InChI=1S/C13H18ClF3N4/c1-2-21-5-3-9(4-6-21)8-18-11-7-10(13(15,16)17)19-12(14)20-11/h7,9H,2-6,8H2,1H3,(H,18,19,20). The van der Waals surface area contributed by atoms with Crippen molar-refractivity contribution in [3.05, 3.63) is 17.0 Å². The third kappa shape index (κ3) is 4.71. The summed E-state index contributed by atoms with van der Waals surface area (Å²) in [5, 5.41) is 2.55. The Morgan fingerprint density at radius 1 is 1.33 bits per heavy atom. The van der Waals surface area contributed by atoms with Gasteiger partial charge in [-0.2, -0.15) is 13.2 Å². The number of halogens is 4. The second kappa shape index (κ2) is 6.79. The number of nitrogens with zero attached hydrogens (tertiary/aromatic N) is 3. The molecule has 1 N–H and O–H groups in total. The predicted molar refractivity (Wildman–Crippen MR) is 75.4 cm³/mol. The zero-order chi connectivity index (χ0) is 15.5. The molecule has 118 valence electrons. The lowest BCUT2D eigenvalue weighted by Crippen LogP contribution is -2.35. The molecule has 1 aliphatic rings. The van der Waals surface area contributed by atoms with Crippen molar-refractivity contribution in [3.8, 4) is 0 Å². The van der Waals surface area contributed by atoms with E-state index in [0.29, 0.717) is 12.5 Å². The van der Waals surface area contributed by atoms with Crippen LogP contribution in [0.3, 0.4) is 0 Å². The summed E-state index contributed by atoms with van der Waals surface area (Å²) in [6.45, 7) is 5.82. The fourth-order valence-corrected chi connectivity index (χ4v) is 2.59. The average Bonchev–Trinajstić information content (AvgIpc) is 2.44. The molecular formula is C13H18ClF3N4. The maximum Gasteiger partial charge on any atom is 0.433 e. The number of hydrogen-bond donors (Lipinski definition) is 1. The highest BCUT2D eigenvalue weighted by atomic mass is 35.5. The Morgan fingerprint density at radius 3 is 2.57 bits per heavy atom. The number of rotatable bonds is 4. The van der Waals surface area contributed by atoms with E-state index in [-0.39, 0.29) is 5.82 Å². The first-order valence-electron chi connectivity index (χ1n) is 6.96. The van der Waals surface area contributed by atoms with Gasteiger partial charge in [0, 0.05) is 12.6 Å². The SMILES string of the molecule is CCN1CCC(CNc2cc(C(F)(F)F)nc(Cl)n2)CC1. The summed E-state index contributed by atoms with van der Waals surface area (Å²) in [6.07, 6.45) is -2.45. The number of piperidine rings is 1. The first kappa shape index (κ1) is 16.3. The van der Waals surface area contributed by atoms with Gasteiger partial charge in [-0.15, -0.1) is 0 Å². The Bertz CT molecular complexity index is 473. The van der Waals surface area contributed by atoms with Crippen molar-refractivity contribution >= 4 is 17.4 Å². The molecule has 1 fully saturated rings. The van der Waals surface area contributed by atoms with Gasteiger partial charge in [0.05, 0.1) is 0 Å². The number of anilines is 1. The molecule has 2 heterocycles. The molecule has 8 heteroatoms. The van der Waals surface area contributed by atoms with E-state index < -0.39 is 17.2 Å². The molecule has 1 aromatic rings. The van der Waals surface area contributed by atoms with E-state index in [0.717, 1.165) is 38.5 Å². The summed E-state index contributed by atoms with van der Waals surface area (Å²) in [5.74, 6) is 0.566. The highest BCUT2D eigenvalue weighted by Gasteiger charge is 2.33. The monoisotopic (exact) mass is 322 g/mol. The molecule has 1 aromatic heterocycles. The first-order valence-corrected chi connectivity index (χ1v) is 7.34. The van der Waals surface area contributed by atoms with Gasteiger partial charge in [-0.05, 0) is 50.0 Å². The lowest BCUT2D eigenvalue weighted by Gasteiger charge is -2.31. The zero-order valence-electron chi connectivity index (χ0n) is 11.8. The zero-order valence-corrected chi connectivity index (χ0v) is 12.5. The van der Waals surface area contributed by atoms with E-state index >= 15 is 0 Å². The fourth-order valence-electron chi connectivity index (χ4n) is 2.41. The molecule has 4 nitrogen and oxygen atoms in total. The average molecular weight is 323 g/mol. The minimum atomic E-state index is -4.52. The van der Waals surface area contributed by atoms with Crippen LogP contribution in [0.5, 0.6) is 0 Å². The largest absolute Gasteiger partial charge is 0.433 e. The summed E-state index contributed by atoms with van der Waals surface area (Å²) >= 11 is 5.55. The second-order valence-electron chi connectivity index (χ2n) is 5.16. The summed E-state index contributed by atoms with van der Waals surface area (Å²) in [7, 11) is 0. The summed E-state index contributed by atoms with van der Waals surface area (Å²) in [5.41, 5.74) is -1.02. The van der Waals surface area contributed by atoms with Crippen LogP contribution in [-0.2, 0) is 6.18 Å². The van der Waals surface area contributed by atoms with Gasteiger partial charge in [0.15, 0.2) is 5.69 Å². The van der Waals surface area contributed by atoms with Gasteiger partial charge < -0.3 is 10.2 Å². The van der Waals surface area contributed by atoms with Crippen molar-refractivity contribution in [1.29, 1.82) is 0 Å². The van der Waals surface area contributed by atoms with Crippen LogP contribution >= 0.6 is 11.6 Å². The van der Waals surface area contributed by atoms with Gasteiger partial charge in [-0.3, -0.25) is 0 Å². The molecular weight excluding hydrogens is 305 g/mol. The van der Waals surface area contributed by atoms with E-state index in [2.05, 4.69) is 27.1 Å². The quantitative estimate of drug-likeness (QED) is 0.864. The van der Waals surface area contributed by atoms with Crippen LogP contribution < -0.4 is 5.32 Å². The molecule has 0 amide bonds. The van der Waals surface area contributed by atoms with Crippen LogP contribution in [0.25, 0.3) is 0 Å². The molecule has 0 atom stereocenters. The van der Waals surface area contributed by atoms with E-state index in [1.807, 2.05) is 0 Å². The molecule has 0 saturated carbocycles. The van der Waals surface area contributed by atoms with Crippen molar-refractivity contribution in [2.24, 2.45) is 5.92 Å². The van der Waals surface area contributed by atoms with Gasteiger partial charge >= 0.3 is 6.18 Å². The minimum Gasteiger partial charge on any atom is -0.370 e. The van der Waals surface area contributed by atoms with Gasteiger partial charge in [0.1, 0.15) is 5.82 Å². The van der Waals surface area contributed by atoms with Gasteiger partial charge in [-0.25, -0.2) is 9.97 Å². The third-order valence-electron chi connectivity index (χ3n) is 3.72. The molecule has 0 spiro atoms. The van der Waals surface area contributed by atoms with Crippen molar-refractivity contribution in [2.75, 3.05) is 31.5 Å². The number of hydrogen-bond acceptors (Lipinski definition) is 4. The van der Waals surface area contributed by atoms with Gasteiger partial charge in [0.25, 0.3) is 0 Å². The maximum atomic E-state index is 12.6. The Kier molecular flexibility index (Phi) is 5.27. The molecule has 0 unspecified atom stereocenters. The molecule has 0 radical (unpaired) electrons. The van der Waals surface area contributed by atoms with E-state index in [1.165, 1.54) is 0 Å². The molecule has 1 aliphatic heterocycles. The van der Waals surface area contributed by atoms with Crippen molar-refractivity contribution < 1.29 is 13.2 Å². The normalized spacial score (nSPS) is 18.0. The van der Waals surface area contributed by atoms with Gasteiger partial charge in [0.2, 0.25) is 5.28 Å². The molecule has 21 heavy (non-hydrogen) atoms. The minimum absolute atomic E-state index is 0.125. The predicted octanol–water partition coefficient (Wildman–Crippen LogP) is 3.29. The number of nitrogens with one attached hydrogen (secondary N) is 1. The van der Waals surface area contributed by atoms with E-state index in [1.54, 1.807) is 0 Å². The molecule has 2 rings (SSSR count). The fraction of sp³-hybridized carbons (Fsp3) is 0.692. The third-order valence-corrected chi connectivity index (χ3v) is 3.88. The van der Waals surface area contributed by atoms with Crippen molar-refractivity contribution in [1.82, 2.24) is 14.9 Å².